The molecule has 0 radical (unpaired) electrons. The second-order valence-electron chi connectivity index (χ2n) is 4.34. The van der Waals surface area contributed by atoms with Crippen LogP contribution in [0.5, 0.6) is 0 Å². The van der Waals surface area contributed by atoms with E-state index in [1.165, 1.54) is 6.07 Å². The van der Waals surface area contributed by atoms with Crippen LogP contribution in [0.2, 0.25) is 0 Å². The summed E-state index contributed by atoms with van der Waals surface area (Å²) in [4.78, 5) is 0. The molecule has 1 nitrogen and oxygen atoms in total. The molecule has 1 saturated carbocycles. The summed E-state index contributed by atoms with van der Waals surface area (Å²) >= 11 is 3.05. The molecule has 0 atom stereocenters. The highest BCUT2D eigenvalue weighted by Crippen LogP contribution is 2.40. The van der Waals surface area contributed by atoms with Gasteiger partial charge in [0, 0.05) is 10.0 Å². The third-order valence-electron chi connectivity index (χ3n) is 2.81. The lowest BCUT2D eigenvalue weighted by atomic mass is 9.99. The zero-order chi connectivity index (χ0) is 12.0. The molecule has 0 aromatic heterocycles. The lowest BCUT2D eigenvalue weighted by Gasteiger charge is -2.16. The van der Waals surface area contributed by atoms with Gasteiger partial charge in [0.05, 0.1) is 5.56 Å². The molecule has 0 saturated heterocycles. The molecule has 0 heterocycles. The fraction of sp³-hybridized carbons (Fsp3) is 0.455. The summed E-state index contributed by atoms with van der Waals surface area (Å²) in [5.74, 6) is 0. The Morgan fingerprint density at radius 1 is 1.31 bits per heavy atom. The normalized spacial score (nSPS) is 18.6. The summed E-state index contributed by atoms with van der Waals surface area (Å²) in [7, 11) is 0. The van der Waals surface area contributed by atoms with Crippen molar-refractivity contribution in [1.82, 2.24) is 0 Å². The fourth-order valence-electron chi connectivity index (χ4n) is 1.68. The molecule has 1 aliphatic rings. The van der Waals surface area contributed by atoms with Crippen molar-refractivity contribution in [2.45, 2.75) is 31.0 Å². The Hall–Kier alpha value is -0.550. The average molecular weight is 294 g/mol. The first-order valence-electron chi connectivity index (χ1n) is 4.95. The van der Waals surface area contributed by atoms with Gasteiger partial charge in [0.15, 0.2) is 0 Å². The van der Waals surface area contributed by atoms with E-state index >= 15 is 0 Å². The Morgan fingerprint density at radius 3 is 2.44 bits per heavy atom. The predicted octanol–water partition coefficient (Wildman–Crippen LogP) is 3.50. The number of alkyl halides is 3. The maximum Gasteiger partial charge on any atom is 0.416 e. The van der Waals surface area contributed by atoms with Crippen LogP contribution in [0.25, 0.3) is 0 Å². The van der Waals surface area contributed by atoms with Crippen molar-refractivity contribution >= 4 is 15.9 Å². The average Bonchev–Trinajstić information content (AvgIpc) is 2.85. The van der Waals surface area contributed by atoms with Gasteiger partial charge in [-0.25, -0.2) is 0 Å². The number of halogens is 4. The highest BCUT2D eigenvalue weighted by atomic mass is 79.9. The first-order chi connectivity index (χ1) is 7.30. The van der Waals surface area contributed by atoms with Crippen LogP contribution in [0.3, 0.4) is 0 Å². The summed E-state index contributed by atoms with van der Waals surface area (Å²) in [6.45, 7) is 0. The van der Waals surface area contributed by atoms with Crippen LogP contribution in [0.1, 0.15) is 24.0 Å². The third kappa shape index (κ3) is 2.58. The number of benzene rings is 1. The van der Waals surface area contributed by atoms with Crippen LogP contribution in [0.15, 0.2) is 22.7 Å². The predicted molar refractivity (Wildman–Crippen MR) is 59.0 cm³/mol. The third-order valence-corrected chi connectivity index (χ3v) is 3.31. The van der Waals surface area contributed by atoms with E-state index in [4.69, 9.17) is 5.73 Å². The molecule has 0 aliphatic heterocycles. The Labute approximate surface area is 100.0 Å². The van der Waals surface area contributed by atoms with Gasteiger partial charge in [-0.3, -0.25) is 0 Å². The van der Waals surface area contributed by atoms with Gasteiger partial charge in [0.2, 0.25) is 0 Å². The molecule has 0 unspecified atom stereocenters. The number of hydrogen-bond acceptors (Lipinski definition) is 1. The Bertz CT molecular complexity index is 410. The molecule has 2 N–H and O–H groups in total. The minimum atomic E-state index is -4.32. The maximum atomic E-state index is 12.8. The van der Waals surface area contributed by atoms with Crippen molar-refractivity contribution in [3.63, 3.8) is 0 Å². The Balaban J connectivity index is 2.36. The highest BCUT2D eigenvalue weighted by molar-refractivity contribution is 9.10. The smallest absolute Gasteiger partial charge is 0.325 e. The molecule has 0 bridgehead atoms. The highest BCUT2D eigenvalue weighted by Gasteiger charge is 2.41. The van der Waals surface area contributed by atoms with Gasteiger partial charge in [-0.05, 0) is 37.0 Å². The molecular formula is C11H11BrF3N. The molecule has 88 valence electrons. The van der Waals surface area contributed by atoms with Gasteiger partial charge in [0.1, 0.15) is 0 Å². The number of hydrogen-bond donors (Lipinski definition) is 1. The van der Waals surface area contributed by atoms with Crippen molar-refractivity contribution in [1.29, 1.82) is 0 Å². The Morgan fingerprint density at radius 2 is 1.94 bits per heavy atom. The topological polar surface area (TPSA) is 26.0 Å². The second kappa shape index (κ2) is 3.74. The number of nitrogens with two attached hydrogens (primary N) is 1. The SMILES string of the molecule is NC1(Cc2ccc(Br)cc2C(F)(F)F)CC1. The molecule has 1 aromatic rings. The van der Waals surface area contributed by atoms with E-state index < -0.39 is 17.3 Å². The standard InChI is InChI=1S/C11H11BrF3N/c12-8-2-1-7(6-10(16)3-4-10)9(5-8)11(13,14)15/h1-2,5H,3-4,6,16H2. The van der Waals surface area contributed by atoms with Gasteiger partial charge in [-0.1, -0.05) is 22.0 Å². The zero-order valence-corrected chi connectivity index (χ0v) is 10.0. The lowest BCUT2D eigenvalue weighted by Crippen LogP contribution is -2.26. The van der Waals surface area contributed by atoms with Crippen molar-refractivity contribution in [2.75, 3.05) is 0 Å². The van der Waals surface area contributed by atoms with E-state index in [0.29, 0.717) is 10.9 Å². The number of rotatable bonds is 2. The molecule has 1 aromatic carbocycles. The summed E-state index contributed by atoms with van der Waals surface area (Å²) in [6.07, 6.45) is -2.40. The lowest BCUT2D eigenvalue weighted by molar-refractivity contribution is -0.138. The first kappa shape index (κ1) is 11.9. The van der Waals surface area contributed by atoms with E-state index in [1.807, 2.05) is 0 Å². The van der Waals surface area contributed by atoms with E-state index in [2.05, 4.69) is 15.9 Å². The molecule has 1 fully saturated rings. The Kier molecular flexibility index (Phi) is 2.78. The van der Waals surface area contributed by atoms with Crippen molar-refractivity contribution < 1.29 is 13.2 Å². The summed E-state index contributed by atoms with van der Waals surface area (Å²) < 4.78 is 38.7. The monoisotopic (exact) mass is 293 g/mol. The van der Waals surface area contributed by atoms with Crippen LogP contribution in [0, 0.1) is 0 Å². The van der Waals surface area contributed by atoms with Crippen molar-refractivity contribution in [3.05, 3.63) is 33.8 Å². The van der Waals surface area contributed by atoms with E-state index in [9.17, 15) is 13.2 Å². The summed E-state index contributed by atoms with van der Waals surface area (Å²) in [6, 6.07) is 4.23. The molecular weight excluding hydrogens is 283 g/mol. The van der Waals surface area contributed by atoms with Crippen LogP contribution >= 0.6 is 15.9 Å². The van der Waals surface area contributed by atoms with Gasteiger partial charge in [-0.15, -0.1) is 0 Å². The largest absolute Gasteiger partial charge is 0.416 e. The summed E-state index contributed by atoms with van der Waals surface area (Å²) in [5.41, 5.74) is 5.14. The van der Waals surface area contributed by atoms with Crippen LogP contribution in [-0.4, -0.2) is 5.54 Å². The molecule has 16 heavy (non-hydrogen) atoms. The van der Waals surface area contributed by atoms with Crippen LogP contribution < -0.4 is 5.73 Å². The van der Waals surface area contributed by atoms with Gasteiger partial charge >= 0.3 is 6.18 Å². The van der Waals surface area contributed by atoms with Crippen molar-refractivity contribution in [3.8, 4) is 0 Å². The van der Waals surface area contributed by atoms with E-state index in [-0.39, 0.29) is 5.56 Å². The first-order valence-corrected chi connectivity index (χ1v) is 5.74. The quantitative estimate of drug-likeness (QED) is 0.887. The summed E-state index contributed by atoms with van der Waals surface area (Å²) in [5, 5.41) is 0. The zero-order valence-electron chi connectivity index (χ0n) is 8.44. The molecule has 0 amide bonds. The van der Waals surface area contributed by atoms with Crippen molar-refractivity contribution in [2.24, 2.45) is 5.73 Å². The maximum absolute atomic E-state index is 12.8. The van der Waals surface area contributed by atoms with Crippen LogP contribution in [-0.2, 0) is 12.6 Å². The molecule has 1 aliphatic carbocycles. The van der Waals surface area contributed by atoms with Crippen LogP contribution in [0.4, 0.5) is 13.2 Å². The van der Waals surface area contributed by atoms with Gasteiger partial charge < -0.3 is 5.73 Å². The van der Waals surface area contributed by atoms with Gasteiger partial charge in [0.25, 0.3) is 0 Å². The van der Waals surface area contributed by atoms with E-state index in [0.717, 1.165) is 18.9 Å². The fourth-order valence-corrected chi connectivity index (χ4v) is 2.04. The molecule has 2 rings (SSSR count). The molecule has 0 spiro atoms. The minimum absolute atomic E-state index is 0.288. The van der Waals surface area contributed by atoms with Gasteiger partial charge in [-0.2, -0.15) is 13.2 Å². The minimum Gasteiger partial charge on any atom is -0.325 e. The molecule has 5 heteroatoms. The second-order valence-corrected chi connectivity index (χ2v) is 5.25. The van der Waals surface area contributed by atoms with E-state index in [1.54, 1.807) is 6.07 Å².